The second-order valence-corrected chi connectivity index (χ2v) is 8.16. The standard InChI is InChI=1S/C20H35N3O3.CH2O2/c1-2-26-15-19(24)23-12-8-16(9-13-23)14-21-20(25)17-6-5-11-22-10-4-3-7-18(17)22;2-1-3/h16-18H,2-15H2,1H3,(H,21,25);1H,(H,2,3)/t17-,18-;/m1./s1. The van der Waals surface area contributed by atoms with Crippen LogP contribution in [0.1, 0.15) is 51.9 Å². The minimum absolute atomic E-state index is 0.0916. The number of carboxylic acid groups (broad SMARTS) is 1. The first-order valence-electron chi connectivity index (χ1n) is 11.1. The van der Waals surface area contributed by atoms with E-state index in [0.29, 0.717) is 18.6 Å². The van der Waals surface area contributed by atoms with Crippen LogP contribution in [0.2, 0.25) is 0 Å². The number of fused-ring (bicyclic) bond motifs is 1. The van der Waals surface area contributed by atoms with Crippen LogP contribution in [0, 0.1) is 11.8 Å². The molecule has 0 aliphatic carbocycles. The van der Waals surface area contributed by atoms with Crippen molar-refractivity contribution in [3.05, 3.63) is 0 Å². The predicted octanol–water partition coefficient (Wildman–Crippen LogP) is 1.34. The average Bonchev–Trinajstić information content (AvgIpc) is 2.76. The summed E-state index contributed by atoms with van der Waals surface area (Å²) in [5.41, 5.74) is 0. The molecule has 3 aliphatic heterocycles. The van der Waals surface area contributed by atoms with Crippen LogP contribution < -0.4 is 5.32 Å². The topological polar surface area (TPSA) is 99.2 Å². The maximum absolute atomic E-state index is 12.8. The molecule has 0 aromatic heterocycles. The van der Waals surface area contributed by atoms with Gasteiger partial charge in [0.25, 0.3) is 6.47 Å². The highest BCUT2D eigenvalue weighted by Gasteiger charge is 2.37. The van der Waals surface area contributed by atoms with Gasteiger partial charge in [-0.15, -0.1) is 0 Å². The molecule has 0 unspecified atom stereocenters. The highest BCUT2D eigenvalue weighted by atomic mass is 16.5. The molecule has 8 heteroatoms. The van der Waals surface area contributed by atoms with Crippen molar-refractivity contribution in [1.82, 2.24) is 15.1 Å². The maximum atomic E-state index is 12.8. The lowest BCUT2D eigenvalue weighted by Gasteiger charge is -2.43. The fraction of sp³-hybridized carbons (Fsp3) is 0.857. The lowest BCUT2D eigenvalue weighted by atomic mass is 9.83. The molecule has 3 fully saturated rings. The summed E-state index contributed by atoms with van der Waals surface area (Å²) in [6.45, 7) is 7.09. The molecule has 3 rings (SSSR count). The lowest BCUT2D eigenvalue weighted by molar-refractivity contribution is -0.137. The summed E-state index contributed by atoms with van der Waals surface area (Å²) in [5.74, 6) is 1.02. The van der Waals surface area contributed by atoms with Gasteiger partial charge in [-0.3, -0.25) is 19.3 Å². The van der Waals surface area contributed by atoms with Crippen LogP contribution in [-0.4, -0.2) is 85.2 Å². The summed E-state index contributed by atoms with van der Waals surface area (Å²) in [7, 11) is 0. The average molecular weight is 412 g/mol. The highest BCUT2D eigenvalue weighted by molar-refractivity contribution is 5.79. The van der Waals surface area contributed by atoms with Crippen molar-refractivity contribution in [3.8, 4) is 0 Å². The molecule has 0 aromatic carbocycles. The fourth-order valence-electron chi connectivity index (χ4n) is 4.81. The van der Waals surface area contributed by atoms with Crippen LogP contribution in [0.25, 0.3) is 0 Å². The summed E-state index contributed by atoms with van der Waals surface area (Å²) in [4.78, 5) is 37.6. The third-order valence-electron chi connectivity index (χ3n) is 6.39. The Bertz CT molecular complexity index is 520. The number of amides is 2. The van der Waals surface area contributed by atoms with Gasteiger partial charge in [0.1, 0.15) is 6.61 Å². The number of rotatable bonds is 6. The van der Waals surface area contributed by atoms with Crippen LogP contribution in [0.5, 0.6) is 0 Å². The largest absolute Gasteiger partial charge is 0.483 e. The number of nitrogens with one attached hydrogen (secondary N) is 1. The minimum atomic E-state index is -0.250. The smallest absolute Gasteiger partial charge is 0.290 e. The monoisotopic (exact) mass is 411 g/mol. The van der Waals surface area contributed by atoms with Gasteiger partial charge >= 0.3 is 0 Å². The zero-order chi connectivity index (χ0) is 21.1. The Hall–Kier alpha value is -1.67. The number of carbonyl (C=O) groups is 3. The Morgan fingerprint density at radius 2 is 1.76 bits per heavy atom. The van der Waals surface area contributed by atoms with Crippen LogP contribution in [0.4, 0.5) is 0 Å². The van der Waals surface area contributed by atoms with E-state index in [9.17, 15) is 9.59 Å². The molecule has 0 spiro atoms. The summed E-state index contributed by atoms with van der Waals surface area (Å²) in [6.07, 6.45) is 7.85. The van der Waals surface area contributed by atoms with Crippen molar-refractivity contribution in [1.29, 1.82) is 0 Å². The molecular weight excluding hydrogens is 374 g/mol. The molecule has 0 radical (unpaired) electrons. The summed E-state index contributed by atoms with van der Waals surface area (Å²) >= 11 is 0. The van der Waals surface area contributed by atoms with Gasteiger partial charge in [-0.25, -0.2) is 0 Å². The third kappa shape index (κ3) is 7.26. The molecule has 2 N–H and O–H groups in total. The fourth-order valence-corrected chi connectivity index (χ4v) is 4.81. The normalized spacial score (nSPS) is 25.3. The summed E-state index contributed by atoms with van der Waals surface area (Å²) in [6, 6.07) is 0.468. The van der Waals surface area contributed by atoms with E-state index in [2.05, 4.69) is 10.2 Å². The number of carbonyl (C=O) groups excluding carboxylic acids is 2. The van der Waals surface area contributed by atoms with Crippen LogP contribution in [-0.2, 0) is 19.1 Å². The van der Waals surface area contributed by atoms with E-state index in [1.807, 2.05) is 11.8 Å². The highest BCUT2D eigenvalue weighted by Crippen LogP contribution is 2.31. The Morgan fingerprint density at radius 1 is 1.07 bits per heavy atom. The minimum Gasteiger partial charge on any atom is -0.483 e. The van der Waals surface area contributed by atoms with E-state index in [1.54, 1.807) is 0 Å². The van der Waals surface area contributed by atoms with Crippen LogP contribution in [0.15, 0.2) is 0 Å². The maximum Gasteiger partial charge on any atom is 0.290 e. The van der Waals surface area contributed by atoms with Crippen molar-refractivity contribution >= 4 is 18.3 Å². The molecule has 0 aromatic rings. The van der Waals surface area contributed by atoms with Crippen molar-refractivity contribution in [2.45, 2.75) is 57.9 Å². The van der Waals surface area contributed by atoms with Crippen molar-refractivity contribution in [2.75, 3.05) is 45.9 Å². The van der Waals surface area contributed by atoms with Gasteiger partial charge < -0.3 is 20.1 Å². The number of nitrogens with zero attached hydrogens (tertiary/aromatic N) is 2. The van der Waals surface area contributed by atoms with E-state index in [0.717, 1.165) is 45.3 Å². The Kier molecular flexibility index (Phi) is 10.4. The Labute approximate surface area is 173 Å². The molecule has 8 nitrogen and oxygen atoms in total. The number of hydrogen-bond acceptors (Lipinski definition) is 5. The van der Waals surface area contributed by atoms with Crippen molar-refractivity contribution < 1.29 is 24.2 Å². The predicted molar refractivity (Wildman–Crippen MR) is 109 cm³/mol. The Balaban J connectivity index is 0.000000941. The first-order valence-corrected chi connectivity index (χ1v) is 11.1. The van der Waals surface area contributed by atoms with Gasteiger partial charge in [0, 0.05) is 32.3 Å². The number of hydrogen-bond donors (Lipinski definition) is 2. The zero-order valence-electron chi connectivity index (χ0n) is 17.7. The molecule has 2 atom stereocenters. The van der Waals surface area contributed by atoms with E-state index in [4.69, 9.17) is 14.6 Å². The van der Waals surface area contributed by atoms with Crippen LogP contribution in [0.3, 0.4) is 0 Å². The molecule has 3 heterocycles. The van der Waals surface area contributed by atoms with Crippen LogP contribution >= 0.6 is 0 Å². The van der Waals surface area contributed by atoms with Crippen molar-refractivity contribution in [2.24, 2.45) is 11.8 Å². The number of ether oxygens (including phenoxy) is 1. The second-order valence-electron chi connectivity index (χ2n) is 8.16. The lowest BCUT2D eigenvalue weighted by Crippen LogP contribution is -2.53. The molecule has 3 aliphatic rings. The molecule has 3 saturated heterocycles. The van der Waals surface area contributed by atoms with Gasteiger partial charge in [0.15, 0.2) is 0 Å². The van der Waals surface area contributed by atoms with Gasteiger partial charge in [-0.2, -0.15) is 0 Å². The first-order chi connectivity index (χ1) is 14.1. The van der Waals surface area contributed by atoms with E-state index < -0.39 is 0 Å². The first kappa shape index (κ1) is 23.6. The molecule has 0 saturated carbocycles. The number of likely N-dealkylation sites (tertiary alicyclic amines) is 1. The van der Waals surface area contributed by atoms with Gasteiger partial charge in [-0.05, 0) is 64.5 Å². The van der Waals surface area contributed by atoms with E-state index in [1.165, 1.54) is 32.4 Å². The van der Waals surface area contributed by atoms with Gasteiger partial charge in [0.2, 0.25) is 11.8 Å². The number of piperidine rings is 3. The van der Waals surface area contributed by atoms with Crippen molar-refractivity contribution in [3.63, 3.8) is 0 Å². The molecule has 0 bridgehead atoms. The van der Waals surface area contributed by atoms with Gasteiger partial charge in [-0.1, -0.05) is 6.42 Å². The van der Waals surface area contributed by atoms with E-state index in [-0.39, 0.29) is 30.8 Å². The van der Waals surface area contributed by atoms with Gasteiger partial charge in [0.05, 0.1) is 5.92 Å². The summed E-state index contributed by atoms with van der Waals surface area (Å²) in [5, 5.41) is 10.1. The molecular formula is C21H37N3O5. The molecule has 2 amide bonds. The quantitative estimate of drug-likeness (QED) is 0.640. The second kappa shape index (κ2) is 12.8. The SMILES string of the molecule is CCOCC(=O)N1CCC(CNC(=O)[C@@H]2CCCN3CCCC[C@H]23)CC1.O=CO. The Morgan fingerprint density at radius 3 is 2.45 bits per heavy atom. The zero-order valence-corrected chi connectivity index (χ0v) is 17.7. The third-order valence-corrected chi connectivity index (χ3v) is 6.39. The summed E-state index contributed by atoms with van der Waals surface area (Å²) < 4.78 is 5.21. The molecule has 29 heavy (non-hydrogen) atoms. The molecule has 166 valence electrons. The van der Waals surface area contributed by atoms with E-state index >= 15 is 0 Å².